The fraction of sp³-hybridized carbons (Fsp3) is 0.529. The molecular formula is C17H22N2O. The summed E-state index contributed by atoms with van der Waals surface area (Å²) in [7, 11) is 0. The van der Waals surface area contributed by atoms with Gasteiger partial charge in [0.2, 0.25) is 5.91 Å². The van der Waals surface area contributed by atoms with Crippen molar-refractivity contribution in [1.82, 2.24) is 0 Å². The van der Waals surface area contributed by atoms with Crippen LogP contribution >= 0.6 is 0 Å². The van der Waals surface area contributed by atoms with Gasteiger partial charge in [-0.05, 0) is 42.7 Å². The predicted molar refractivity (Wildman–Crippen MR) is 80.3 cm³/mol. The average molecular weight is 270 g/mol. The standard InChI is InChI=1S/C17H22N2O/c1-4-13-7-6-8-14(5-2)15(13)19-16(20)17(11-18)9-12(3)10-17/h6-8,12H,4-5,9-10H2,1-3H3,(H,19,20). The lowest BCUT2D eigenvalue weighted by molar-refractivity contribution is -0.128. The Labute approximate surface area is 121 Å². The Morgan fingerprint density at radius 2 is 1.90 bits per heavy atom. The van der Waals surface area contributed by atoms with Gasteiger partial charge in [0.05, 0.1) is 6.07 Å². The summed E-state index contributed by atoms with van der Waals surface area (Å²) in [5.74, 6) is 0.334. The Kier molecular flexibility index (Phi) is 4.13. The molecule has 0 radical (unpaired) electrons. The lowest BCUT2D eigenvalue weighted by atomic mass is 9.63. The SMILES string of the molecule is CCc1cccc(CC)c1NC(=O)C1(C#N)CC(C)C1. The van der Waals surface area contributed by atoms with Gasteiger partial charge in [-0.15, -0.1) is 0 Å². The number of benzene rings is 1. The number of hydrogen-bond acceptors (Lipinski definition) is 2. The van der Waals surface area contributed by atoms with Crippen LogP contribution in [0, 0.1) is 22.7 Å². The summed E-state index contributed by atoms with van der Waals surface area (Å²) in [5.41, 5.74) is 2.37. The minimum atomic E-state index is -0.814. The van der Waals surface area contributed by atoms with Crippen LogP contribution in [0.4, 0.5) is 5.69 Å². The quantitative estimate of drug-likeness (QED) is 0.907. The largest absolute Gasteiger partial charge is 0.324 e. The Morgan fingerprint density at radius 1 is 1.35 bits per heavy atom. The highest BCUT2D eigenvalue weighted by molar-refractivity contribution is 5.99. The highest BCUT2D eigenvalue weighted by Gasteiger charge is 2.49. The Morgan fingerprint density at radius 3 is 2.30 bits per heavy atom. The van der Waals surface area contributed by atoms with E-state index in [2.05, 4.69) is 32.2 Å². The van der Waals surface area contributed by atoms with Crippen molar-refractivity contribution < 1.29 is 4.79 Å². The van der Waals surface area contributed by atoms with E-state index in [-0.39, 0.29) is 5.91 Å². The molecule has 1 aromatic rings. The zero-order chi connectivity index (χ0) is 14.8. The minimum Gasteiger partial charge on any atom is -0.324 e. The average Bonchev–Trinajstić information content (AvgIpc) is 2.43. The third kappa shape index (κ3) is 2.43. The van der Waals surface area contributed by atoms with E-state index >= 15 is 0 Å². The molecule has 3 heteroatoms. The maximum Gasteiger partial charge on any atom is 0.244 e. The summed E-state index contributed by atoms with van der Waals surface area (Å²) in [6.07, 6.45) is 3.09. The molecule has 0 bridgehead atoms. The first-order valence-corrected chi connectivity index (χ1v) is 7.39. The smallest absolute Gasteiger partial charge is 0.244 e. The molecule has 3 nitrogen and oxygen atoms in total. The summed E-state index contributed by atoms with van der Waals surface area (Å²) >= 11 is 0. The number of carbonyl (C=O) groups is 1. The summed E-state index contributed by atoms with van der Waals surface area (Å²) < 4.78 is 0. The molecule has 1 aliphatic rings. The van der Waals surface area contributed by atoms with E-state index in [0.717, 1.165) is 29.7 Å². The van der Waals surface area contributed by atoms with Gasteiger partial charge in [0, 0.05) is 5.69 Å². The van der Waals surface area contributed by atoms with E-state index in [9.17, 15) is 10.1 Å². The monoisotopic (exact) mass is 270 g/mol. The van der Waals surface area contributed by atoms with Gasteiger partial charge >= 0.3 is 0 Å². The molecule has 0 atom stereocenters. The molecular weight excluding hydrogens is 248 g/mol. The van der Waals surface area contributed by atoms with Gasteiger partial charge in [0.25, 0.3) is 0 Å². The first-order chi connectivity index (χ1) is 9.56. The van der Waals surface area contributed by atoms with Crippen LogP contribution in [-0.2, 0) is 17.6 Å². The van der Waals surface area contributed by atoms with E-state index in [1.807, 2.05) is 18.2 Å². The number of nitrogens with zero attached hydrogens (tertiary/aromatic N) is 1. The number of rotatable bonds is 4. The van der Waals surface area contributed by atoms with Gasteiger partial charge in [0.15, 0.2) is 0 Å². The molecule has 1 aliphatic carbocycles. The van der Waals surface area contributed by atoms with Crippen LogP contribution in [0.5, 0.6) is 0 Å². The molecule has 0 saturated heterocycles. The van der Waals surface area contributed by atoms with Crippen molar-refractivity contribution in [3.63, 3.8) is 0 Å². The number of para-hydroxylation sites is 1. The third-order valence-electron chi connectivity index (χ3n) is 4.28. The van der Waals surface area contributed by atoms with Crippen LogP contribution < -0.4 is 5.32 Å². The number of aryl methyl sites for hydroxylation is 2. The molecule has 0 unspecified atom stereocenters. The first-order valence-electron chi connectivity index (χ1n) is 7.39. The highest BCUT2D eigenvalue weighted by Crippen LogP contribution is 2.46. The van der Waals surface area contributed by atoms with E-state index in [1.165, 1.54) is 0 Å². The van der Waals surface area contributed by atoms with Crippen molar-refractivity contribution in [3.8, 4) is 6.07 Å². The number of amides is 1. The second-order valence-electron chi connectivity index (χ2n) is 5.82. The maximum absolute atomic E-state index is 12.5. The Hall–Kier alpha value is -1.82. The summed E-state index contributed by atoms with van der Waals surface area (Å²) in [4.78, 5) is 12.5. The Bertz CT molecular complexity index is 528. The number of nitriles is 1. The van der Waals surface area contributed by atoms with Crippen molar-refractivity contribution in [1.29, 1.82) is 5.26 Å². The van der Waals surface area contributed by atoms with E-state index in [0.29, 0.717) is 18.8 Å². The topological polar surface area (TPSA) is 52.9 Å². The predicted octanol–water partition coefficient (Wildman–Crippen LogP) is 3.69. The lowest BCUT2D eigenvalue weighted by Crippen LogP contribution is -2.45. The third-order valence-corrected chi connectivity index (χ3v) is 4.28. The number of carbonyl (C=O) groups excluding carboxylic acids is 1. The summed E-state index contributed by atoms with van der Waals surface area (Å²) in [6, 6.07) is 8.33. The molecule has 1 N–H and O–H groups in total. The van der Waals surface area contributed by atoms with Crippen molar-refractivity contribution in [3.05, 3.63) is 29.3 Å². The van der Waals surface area contributed by atoms with Crippen molar-refractivity contribution in [2.75, 3.05) is 5.32 Å². The normalized spacial score (nSPS) is 24.6. The molecule has 0 heterocycles. The fourth-order valence-corrected chi connectivity index (χ4v) is 3.09. The molecule has 1 aromatic carbocycles. The maximum atomic E-state index is 12.5. The molecule has 2 rings (SSSR count). The minimum absolute atomic E-state index is 0.131. The second-order valence-corrected chi connectivity index (χ2v) is 5.82. The van der Waals surface area contributed by atoms with Crippen LogP contribution in [0.3, 0.4) is 0 Å². The fourth-order valence-electron chi connectivity index (χ4n) is 3.09. The van der Waals surface area contributed by atoms with Crippen LogP contribution in [-0.4, -0.2) is 5.91 Å². The van der Waals surface area contributed by atoms with Crippen molar-refractivity contribution >= 4 is 11.6 Å². The van der Waals surface area contributed by atoms with Crippen LogP contribution in [0.25, 0.3) is 0 Å². The summed E-state index contributed by atoms with van der Waals surface area (Å²) in [6.45, 7) is 6.24. The van der Waals surface area contributed by atoms with Gasteiger partial charge in [-0.25, -0.2) is 0 Å². The number of hydrogen-bond donors (Lipinski definition) is 1. The van der Waals surface area contributed by atoms with Gasteiger partial charge in [0.1, 0.15) is 5.41 Å². The highest BCUT2D eigenvalue weighted by atomic mass is 16.2. The second kappa shape index (κ2) is 5.66. The van der Waals surface area contributed by atoms with Crippen LogP contribution in [0.15, 0.2) is 18.2 Å². The summed E-state index contributed by atoms with van der Waals surface area (Å²) in [5, 5.41) is 12.4. The molecule has 0 spiro atoms. The molecule has 1 saturated carbocycles. The molecule has 20 heavy (non-hydrogen) atoms. The van der Waals surface area contributed by atoms with E-state index in [1.54, 1.807) is 0 Å². The number of anilines is 1. The number of nitrogens with one attached hydrogen (secondary N) is 1. The first kappa shape index (κ1) is 14.6. The molecule has 106 valence electrons. The zero-order valence-corrected chi connectivity index (χ0v) is 12.5. The van der Waals surface area contributed by atoms with Gasteiger partial charge in [-0.3, -0.25) is 4.79 Å². The van der Waals surface area contributed by atoms with Gasteiger partial charge in [-0.1, -0.05) is 39.0 Å². The van der Waals surface area contributed by atoms with Gasteiger partial charge in [-0.2, -0.15) is 5.26 Å². The molecule has 1 fully saturated rings. The lowest BCUT2D eigenvalue weighted by Gasteiger charge is -2.39. The van der Waals surface area contributed by atoms with Crippen molar-refractivity contribution in [2.24, 2.45) is 11.3 Å². The molecule has 1 amide bonds. The van der Waals surface area contributed by atoms with Crippen molar-refractivity contribution in [2.45, 2.75) is 46.5 Å². The van der Waals surface area contributed by atoms with Crippen LogP contribution in [0.2, 0.25) is 0 Å². The van der Waals surface area contributed by atoms with E-state index in [4.69, 9.17) is 0 Å². The zero-order valence-electron chi connectivity index (χ0n) is 12.5. The molecule has 0 aliphatic heterocycles. The molecule has 0 aromatic heterocycles. The van der Waals surface area contributed by atoms with Gasteiger partial charge < -0.3 is 5.32 Å². The van der Waals surface area contributed by atoms with E-state index < -0.39 is 5.41 Å². The Balaban J connectivity index is 2.26. The van der Waals surface area contributed by atoms with Crippen LogP contribution in [0.1, 0.15) is 44.7 Å².